The Hall–Kier alpha value is -1.16. The maximum atomic E-state index is 14.0. The average molecular weight is 316 g/mol. The van der Waals surface area contributed by atoms with E-state index < -0.39 is 17.7 Å². The number of halogens is 4. The number of nitrogens with two attached hydrogens (primary N) is 1. The summed E-state index contributed by atoms with van der Waals surface area (Å²) in [5.41, 5.74) is 6.74. The van der Waals surface area contributed by atoms with Gasteiger partial charge in [-0.3, -0.25) is 0 Å². The topological polar surface area (TPSA) is 26.0 Å². The molecule has 106 valence electrons. The lowest BCUT2D eigenvalue weighted by atomic mass is 9.97. The zero-order valence-electron chi connectivity index (χ0n) is 10.8. The van der Waals surface area contributed by atoms with Crippen LogP contribution in [0.15, 0.2) is 30.3 Å². The minimum Gasteiger partial charge on any atom is -0.323 e. The smallest absolute Gasteiger partial charge is 0.133 e. The minimum atomic E-state index is -0.854. The molecule has 2 aromatic rings. The van der Waals surface area contributed by atoms with Crippen LogP contribution in [-0.4, -0.2) is 0 Å². The van der Waals surface area contributed by atoms with Gasteiger partial charge in [0.25, 0.3) is 0 Å². The zero-order chi connectivity index (χ0) is 14.9. The van der Waals surface area contributed by atoms with Crippen molar-refractivity contribution in [3.8, 4) is 0 Å². The fourth-order valence-corrected chi connectivity index (χ4v) is 2.62. The van der Waals surface area contributed by atoms with Crippen molar-refractivity contribution in [2.75, 3.05) is 0 Å². The van der Waals surface area contributed by atoms with Crippen molar-refractivity contribution < 1.29 is 8.78 Å². The van der Waals surface area contributed by atoms with E-state index in [0.29, 0.717) is 21.2 Å². The van der Waals surface area contributed by atoms with Crippen molar-refractivity contribution in [3.05, 3.63) is 68.7 Å². The van der Waals surface area contributed by atoms with E-state index in [0.717, 1.165) is 0 Å². The SMILES string of the molecule is Cc1ccc(F)c(C(N)Cc2c(Cl)cccc2Cl)c1F. The Labute approximate surface area is 126 Å². The predicted molar refractivity (Wildman–Crippen MR) is 78.2 cm³/mol. The van der Waals surface area contributed by atoms with Crippen molar-refractivity contribution in [3.63, 3.8) is 0 Å². The Balaban J connectivity index is 2.38. The molecular weight excluding hydrogens is 303 g/mol. The normalized spacial score (nSPS) is 12.5. The molecule has 5 heteroatoms. The first-order valence-corrected chi connectivity index (χ1v) is 6.80. The summed E-state index contributed by atoms with van der Waals surface area (Å²) in [5.74, 6) is -1.29. The van der Waals surface area contributed by atoms with E-state index in [9.17, 15) is 8.78 Å². The van der Waals surface area contributed by atoms with Crippen LogP contribution < -0.4 is 5.73 Å². The van der Waals surface area contributed by atoms with E-state index in [2.05, 4.69) is 0 Å². The Morgan fingerprint density at radius 2 is 1.70 bits per heavy atom. The van der Waals surface area contributed by atoms with Crippen molar-refractivity contribution >= 4 is 23.2 Å². The molecule has 1 nitrogen and oxygen atoms in total. The molecule has 0 saturated carbocycles. The summed E-state index contributed by atoms with van der Waals surface area (Å²) < 4.78 is 27.8. The van der Waals surface area contributed by atoms with Crippen molar-refractivity contribution in [2.24, 2.45) is 5.73 Å². The van der Waals surface area contributed by atoms with Crippen LogP contribution in [0.1, 0.15) is 22.7 Å². The highest BCUT2D eigenvalue weighted by Gasteiger charge is 2.20. The minimum absolute atomic E-state index is 0.138. The van der Waals surface area contributed by atoms with Crippen LogP contribution in [0.2, 0.25) is 10.0 Å². The van der Waals surface area contributed by atoms with Gasteiger partial charge in [0.05, 0.1) is 0 Å². The van der Waals surface area contributed by atoms with Crippen LogP contribution in [0.25, 0.3) is 0 Å². The Morgan fingerprint density at radius 3 is 2.30 bits per heavy atom. The van der Waals surface area contributed by atoms with Gasteiger partial charge in [-0.05, 0) is 42.7 Å². The Morgan fingerprint density at radius 1 is 1.10 bits per heavy atom. The van der Waals surface area contributed by atoms with E-state index in [1.54, 1.807) is 25.1 Å². The second-order valence-corrected chi connectivity index (χ2v) is 5.42. The summed E-state index contributed by atoms with van der Waals surface area (Å²) in [6.07, 6.45) is 0.162. The van der Waals surface area contributed by atoms with Gasteiger partial charge < -0.3 is 5.73 Å². The summed E-state index contributed by atoms with van der Waals surface area (Å²) >= 11 is 12.1. The summed E-state index contributed by atoms with van der Waals surface area (Å²) in [6, 6.07) is 6.77. The van der Waals surface area contributed by atoms with E-state index in [1.807, 2.05) is 0 Å². The first-order valence-electron chi connectivity index (χ1n) is 6.04. The lowest BCUT2D eigenvalue weighted by Gasteiger charge is -2.17. The largest absolute Gasteiger partial charge is 0.323 e. The Bertz CT molecular complexity index is 624. The number of benzene rings is 2. The lowest BCUT2D eigenvalue weighted by Crippen LogP contribution is -2.18. The quantitative estimate of drug-likeness (QED) is 0.863. The maximum absolute atomic E-state index is 14.0. The molecule has 2 aromatic carbocycles. The summed E-state index contributed by atoms with van der Waals surface area (Å²) in [4.78, 5) is 0. The predicted octanol–water partition coefficient (Wildman–Crippen LogP) is 4.82. The van der Waals surface area contributed by atoms with Gasteiger partial charge in [-0.2, -0.15) is 0 Å². The molecule has 0 spiro atoms. The highest BCUT2D eigenvalue weighted by Crippen LogP contribution is 2.30. The fraction of sp³-hybridized carbons (Fsp3) is 0.200. The first kappa shape index (κ1) is 15.2. The second-order valence-electron chi connectivity index (χ2n) is 4.60. The number of aryl methyl sites for hydroxylation is 1. The molecule has 0 bridgehead atoms. The van der Waals surface area contributed by atoms with Crippen LogP contribution in [0.5, 0.6) is 0 Å². The molecule has 0 aliphatic carbocycles. The monoisotopic (exact) mass is 315 g/mol. The molecule has 1 atom stereocenters. The van der Waals surface area contributed by atoms with E-state index in [1.165, 1.54) is 12.1 Å². The summed E-state index contributed by atoms with van der Waals surface area (Å²) in [6.45, 7) is 1.56. The van der Waals surface area contributed by atoms with Gasteiger partial charge in [0.2, 0.25) is 0 Å². The van der Waals surface area contributed by atoms with Crippen LogP contribution in [0.3, 0.4) is 0 Å². The fourth-order valence-electron chi connectivity index (χ4n) is 2.07. The third-order valence-corrected chi connectivity index (χ3v) is 3.88. The van der Waals surface area contributed by atoms with E-state index >= 15 is 0 Å². The molecule has 2 rings (SSSR count). The number of rotatable bonds is 3. The maximum Gasteiger partial charge on any atom is 0.133 e. The van der Waals surface area contributed by atoms with Crippen molar-refractivity contribution in [1.29, 1.82) is 0 Å². The summed E-state index contributed by atoms with van der Waals surface area (Å²) in [7, 11) is 0. The van der Waals surface area contributed by atoms with Crippen molar-refractivity contribution in [2.45, 2.75) is 19.4 Å². The second kappa shape index (κ2) is 6.08. The van der Waals surface area contributed by atoms with E-state index in [-0.39, 0.29) is 12.0 Å². The van der Waals surface area contributed by atoms with Gasteiger partial charge in [0, 0.05) is 21.7 Å². The molecule has 0 aromatic heterocycles. The molecule has 0 amide bonds. The molecule has 2 N–H and O–H groups in total. The van der Waals surface area contributed by atoms with Gasteiger partial charge >= 0.3 is 0 Å². The van der Waals surface area contributed by atoms with Crippen LogP contribution in [0, 0.1) is 18.6 Å². The van der Waals surface area contributed by atoms with E-state index in [4.69, 9.17) is 28.9 Å². The molecule has 0 saturated heterocycles. The standard InChI is InChI=1S/C15H13Cl2F2N/c1-8-5-6-12(18)14(15(8)19)13(20)7-9-10(16)3-2-4-11(9)17/h2-6,13H,7,20H2,1H3. The molecule has 0 aliphatic heterocycles. The molecule has 0 fully saturated rings. The van der Waals surface area contributed by atoms with Gasteiger partial charge in [0.15, 0.2) is 0 Å². The molecule has 0 radical (unpaired) electrons. The van der Waals surface area contributed by atoms with Crippen LogP contribution in [0.4, 0.5) is 8.78 Å². The number of hydrogen-bond acceptors (Lipinski definition) is 1. The number of hydrogen-bond donors (Lipinski definition) is 1. The zero-order valence-corrected chi connectivity index (χ0v) is 12.3. The van der Waals surface area contributed by atoms with Crippen molar-refractivity contribution in [1.82, 2.24) is 0 Å². The van der Waals surface area contributed by atoms with Gasteiger partial charge in [-0.1, -0.05) is 35.3 Å². The Kier molecular flexibility index (Phi) is 4.63. The van der Waals surface area contributed by atoms with Crippen LogP contribution in [-0.2, 0) is 6.42 Å². The average Bonchev–Trinajstić information content (AvgIpc) is 2.39. The van der Waals surface area contributed by atoms with Gasteiger partial charge in [0.1, 0.15) is 11.6 Å². The molecule has 20 heavy (non-hydrogen) atoms. The first-order chi connectivity index (χ1) is 9.41. The van der Waals surface area contributed by atoms with Crippen LogP contribution >= 0.6 is 23.2 Å². The highest BCUT2D eigenvalue weighted by atomic mass is 35.5. The third kappa shape index (κ3) is 2.95. The molecule has 1 unspecified atom stereocenters. The van der Waals surface area contributed by atoms with Gasteiger partial charge in [-0.15, -0.1) is 0 Å². The molecular formula is C15H13Cl2F2N. The lowest BCUT2D eigenvalue weighted by molar-refractivity contribution is 0.520. The van der Waals surface area contributed by atoms with Gasteiger partial charge in [-0.25, -0.2) is 8.78 Å². The molecule has 0 heterocycles. The highest BCUT2D eigenvalue weighted by molar-refractivity contribution is 6.36. The third-order valence-electron chi connectivity index (χ3n) is 3.18. The molecule has 0 aliphatic rings. The summed E-state index contributed by atoms with van der Waals surface area (Å²) in [5, 5.41) is 0.864.